The number of ether oxygens (including phenoxy) is 1. The van der Waals surface area contributed by atoms with Crippen LogP contribution in [-0.4, -0.2) is 57.1 Å². The monoisotopic (exact) mass is 620 g/mol. The maximum atomic E-state index is 13.1. The Morgan fingerprint density at radius 1 is 1.09 bits per heavy atom. The molecule has 1 aromatic heterocycles. The summed E-state index contributed by atoms with van der Waals surface area (Å²) in [5.41, 5.74) is 5.62. The van der Waals surface area contributed by atoms with Gasteiger partial charge in [0.15, 0.2) is 0 Å². The van der Waals surface area contributed by atoms with Crippen molar-refractivity contribution in [1.29, 1.82) is 0 Å². The Morgan fingerprint density at radius 2 is 1.82 bits per heavy atom. The van der Waals surface area contributed by atoms with Crippen molar-refractivity contribution in [3.63, 3.8) is 0 Å². The van der Waals surface area contributed by atoms with E-state index in [9.17, 15) is 14.3 Å². The van der Waals surface area contributed by atoms with Crippen LogP contribution in [0.1, 0.15) is 22.6 Å². The second-order valence-corrected chi connectivity index (χ2v) is 10.1. The van der Waals surface area contributed by atoms with Crippen LogP contribution in [0.5, 0.6) is 11.5 Å². The van der Waals surface area contributed by atoms with E-state index >= 15 is 0 Å². The maximum Gasteiger partial charge on any atom is 0.281 e. The molecular formula is C32H34ClFN6O4. The smallest absolute Gasteiger partial charge is 0.281 e. The first-order valence-electron chi connectivity index (χ1n) is 13.9. The van der Waals surface area contributed by atoms with Gasteiger partial charge in [-0.3, -0.25) is 15.1 Å². The molecule has 5 rings (SSSR count). The molecular weight excluding hydrogens is 587 g/mol. The Labute approximate surface area is 261 Å². The third-order valence-electron chi connectivity index (χ3n) is 7.14. The fourth-order valence-corrected chi connectivity index (χ4v) is 4.79. The normalized spacial score (nSPS) is 13.7. The van der Waals surface area contributed by atoms with Crippen molar-refractivity contribution in [2.75, 3.05) is 26.2 Å². The highest BCUT2D eigenvalue weighted by Gasteiger charge is 2.24. The molecule has 1 saturated heterocycles. The fourth-order valence-electron chi connectivity index (χ4n) is 4.79. The maximum absolute atomic E-state index is 13.1. The van der Waals surface area contributed by atoms with Gasteiger partial charge in [0, 0.05) is 37.3 Å². The van der Waals surface area contributed by atoms with Crippen molar-refractivity contribution in [2.45, 2.75) is 19.6 Å². The number of hydrogen-bond donors (Lipinski definition) is 3. The number of hydrogen-bond acceptors (Lipinski definition) is 9. The number of benzene rings is 3. The quantitative estimate of drug-likeness (QED) is 0.0731. The number of aromatic nitrogens is 2. The predicted octanol–water partition coefficient (Wildman–Crippen LogP) is 4.46. The molecule has 230 valence electrons. The van der Waals surface area contributed by atoms with Gasteiger partial charge in [-0.15, -0.1) is 19.0 Å². The van der Waals surface area contributed by atoms with Gasteiger partial charge in [0.1, 0.15) is 29.6 Å². The van der Waals surface area contributed by atoms with E-state index in [0.29, 0.717) is 74.5 Å². The number of nitrogens with one attached hydrogen (secondary N) is 1. The van der Waals surface area contributed by atoms with Crippen LogP contribution in [0, 0.1) is 5.82 Å². The summed E-state index contributed by atoms with van der Waals surface area (Å²) in [7, 11) is 0. The average Bonchev–Trinajstić information content (AvgIpc) is 3.50. The predicted molar refractivity (Wildman–Crippen MR) is 167 cm³/mol. The molecule has 1 aliphatic heterocycles. The Morgan fingerprint density at radius 3 is 2.50 bits per heavy atom. The summed E-state index contributed by atoms with van der Waals surface area (Å²) >= 11 is 0. The first-order chi connectivity index (χ1) is 20.9. The van der Waals surface area contributed by atoms with Gasteiger partial charge in [-0.25, -0.2) is 10.2 Å². The molecule has 44 heavy (non-hydrogen) atoms. The lowest BCUT2D eigenvalue weighted by Gasteiger charge is -2.36. The second kappa shape index (κ2) is 15.1. The molecule has 1 aliphatic rings. The molecule has 12 heteroatoms. The third-order valence-corrected chi connectivity index (χ3v) is 7.14. The Bertz CT molecular complexity index is 1590. The number of nitrogens with two attached hydrogens (primary N) is 1. The summed E-state index contributed by atoms with van der Waals surface area (Å²) in [4.78, 5) is 21.3. The van der Waals surface area contributed by atoms with E-state index < -0.39 is 5.91 Å². The molecule has 0 radical (unpaired) electrons. The molecule has 0 aliphatic carbocycles. The van der Waals surface area contributed by atoms with Crippen LogP contribution in [0.4, 0.5) is 4.39 Å². The van der Waals surface area contributed by atoms with Crippen LogP contribution in [0.25, 0.3) is 17.5 Å². The van der Waals surface area contributed by atoms with Crippen LogP contribution in [-0.2, 0) is 24.4 Å². The number of phenolic OH excluding ortho intramolecular Hbond substituents is 1. The second-order valence-electron chi connectivity index (χ2n) is 10.1. The van der Waals surface area contributed by atoms with E-state index in [1.807, 2.05) is 41.3 Å². The lowest BCUT2D eigenvalue weighted by atomic mass is 10.0. The number of hydrazine groups is 1. The summed E-state index contributed by atoms with van der Waals surface area (Å²) in [6.07, 6.45) is 3.89. The van der Waals surface area contributed by atoms with Gasteiger partial charge in [-0.1, -0.05) is 53.7 Å². The average molecular weight is 621 g/mol. The zero-order valence-corrected chi connectivity index (χ0v) is 24.8. The molecule has 0 bridgehead atoms. The summed E-state index contributed by atoms with van der Waals surface area (Å²) in [5, 5.41) is 14.8. The first-order valence-corrected chi connectivity index (χ1v) is 13.9. The summed E-state index contributed by atoms with van der Waals surface area (Å²) in [6, 6.07) is 19.0. The summed E-state index contributed by atoms with van der Waals surface area (Å²) in [5.74, 6) is 6.43. The van der Waals surface area contributed by atoms with Gasteiger partial charge in [0.05, 0.1) is 6.54 Å². The number of carbonyl (C=O) groups is 1. The molecule has 4 N–H and O–H groups in total. The molecule has 0 atom stereocenters. The lowest BCUT2D eigenvalue weighted by molar-refractivity contribution is -0.119. The third kappa shape index (κ3) is 8.01. The minimum atomic E-state index is -0.434. The van der Waals surface area contributed by atoms with Crippen molar-refractivity contribution in [1.82, 2.24) is 25.4 Å². The SMILES string of the molecule is C=CCc1cccc(C=C(C(=O)NN)N2CCN(Cc3nc(-c4ccc(COc5ccc(F)cc5)cc4)no3)CC2)c1O.Cl. The zero-order valence-electron chi connectivity index (χ0n) is 24.0. The van der Waals surface area contributed by atoms with Gasteiger partial charge in [-0.05, 0) is 47.9 Å². The Kier molecular flexibility index (Phi) is 11.1. The fraction of sp³-hybridized carbons (Fsp3) is 0.219. The highest BCUT2D eigenvalue weighted by Crippen LogP contribution is 2.27. The number of rotatable bonds is 11. The Balaban J connectivity index is 0.00000442. The van der Waals surface area contributed by atoms with Crippen molar-refractivity contribution in [3.8, 4) is 22.9 Å². The van der Waals surface area contributed by atoms with Crippen LogP contribution in [0.2, 0.25) is 0 Å². The number of amides is 1. The van der Waals surface area contributed by atoms with Crippen LogP contribution >= 0.6 is 12.4 Å². The highest BCUT2D eigenvalue weighted by atomic mass is 35.5. The number of piperazine rings is 1. The number of carbonyl (C=O) groups excluding carboxylic acids is 1. The number of halogens is 2. The molecule has 0 spiro atoms. The number of allylic oxidation sites excluding steroid dienone is 1. The van der Waals surface area contributed by atoms with Crippen molar-refractivity contribution in [3.05, 3.63) is 113 Å². The van der Waals surface area contributed by atoms with Gasteiger partial charge in [-0.2, -0.15) is 4.98 Å². The van der Waals surface area contributed by atoms with Crippen molar-refractivity contribution >= 4 is 24.4 Å². The topological polar surface area (TPSA) is 130 Å². The van der Waals surface area contributed by atoms with E-state index in [2.05, 4.69) is 27.0 Å². The van der Waals surface area contributed by atoms with E-state index in [0.717, 1.165) is 16.7 Å². The number of phenols is 1. The number of para-hydroxylation sites is 1. The Hall–Kier alpha value is -4.71. The molecule has 0 unspecified atom stereocenters. The van der Waals surface area contributed by atoms with E-state index in [1.165, 1.54) is 12.1 Å². The minimum absolute atomic E-state index is 0. The molecule has 1 amide bonds. The van der Waals surface area contributed by atoms with E-state index in [4.69, 9.17) is 15.1 Å². The van der Waals surface area contributed by atoms with E-state index in [-0.39, 0.29) is 24.0 Å². The molecule has 0 saturated carbocycles. The summed E-state index contributed by atoms with van der Waals surface area (Å²) < 4.78 is 24.3. The van der Waals surface area contributed by atoms with Gasteiger partial charge >= 0.3 is 0 Å². The zero-order chi connectivity index (χ0) is 30.2. The number of aromatic hydroxyl groups is 1. The standard InChI is InChI=1S/C32H33FN6O4.ClH/c1-2-4-23-5-3-6-25(30(23)40)19-28(32(41)36-34)39-17-15-38(16-18-39)20-29-35-31(37-43-29)24-9-7-22(8-10-24)21-42-27-13-11-26(33)12-14-27;/h2-3,5-14,19,40H,1,4,15-18,20-21,34H2,(H,36,41);1H. The van der Waals surface area contributed by atoms with Crippen molar-refractivity contribution in [2.24, 2.45) is 5.84 Å². The van der Waals surface area contributed by atoms with Crippen LogP contribution in [0.15, 0.2) is 89.6 Å². The van der Waals surface area contributed by atoms with Crippen molar-refractivity contribution < 1.29 is 23.6 Å². The van der Waals surface area contributed by atoms with Gasteiger partial charge < -0.3 is 19.3 Å². The molecule has 4 aromatic rings. The van der Waals surface area contributed by atoms with Crippen LogP contribution in [0.3, 0.4) is 0 Å². The molecule has 2 heterocycles. The van der Waals surface area contributed by atoms with E-state index in [1.54, 1.807) is 30.4 Å². The lowest BCUT2D eigenvalue weighted by Crippen LogP contribution is -2.48. The first kappa shape index (κ1) is 32.2. The molecule has 3 aromatic carbocycles. The van der Waals surface area contributed by atoms with Crippen LogP contribution < -0.4 is 16.0 Å². The van der Waals surface area contributed by atoms with Gasteiger partial charge in [0.2, 0.25) is 11.7 Å². The largest absolute Gasteiger partial charge is 0.507 e. The summed E-state index contributed by atoms with van der Waals surface area (Å²) in [6.45, 7) is 6.98. The molecule has 10 nitrogen and oxygen atoms in total. The highest BCUT2D eigenvalue weighted by molar-refractivity contribution is 5.97. The molecule has 1 fully saturated rings. The number of nitrogens with zero attached hydrogens (tertiary/aromatic N) is 4. The minimum Gasteiger partial charge on any atom is -0.507 e. The van der Waals surface area contributed by atoms with Gasteiger partial charge in [0.25, 0.3) is 5.91 Å².